The van der Waals surface area contributed by atoms with Gasteiger partial charge in [-0.05, 0) is 37.3 Å². The Bertz CT molecular complexity index is 815. The Kier molecular flexibility index (Phi) is 3.50. The molecule has 0 aliphatic heterocycles. The van der Waals surface area contributed by atoms with Crippen molar-refractivity contribution in [3.63, 3.8) is 0 Å². The molecule has 6 heteroatoms. The van der Waals surface area contributed by atoms with Crippen LogP contribution in [0.5, 0.6) is 0 Å². The molecular formula is C15H11ClN4O. The van der Waals surface area contributed by atoms with E-state index in [0.29, 0.717) is 16.4 Å². The molecule has 1 N–H and O–H groups in total. The van der Waals surface area contributed by atoms with Crippen molar-refractivity contribution < 1.29 is 4.79 Å². The Morgan fingerprint density at radius 2 is 2.05 bits per heavy atom. The Hall–Kier alpha value is -2.53. The minimum atomic E-state index is -0.289. The van der Waals surface area contributed by atoms with Crippen molar-refractivity contribution in [3.05, 3.63) is 59.0 Å². The normalized spacial score (nSPS) is 10.6. The Balaban J connectivity index is 1.89. The summed E-state index contributed by atoms with van der Waals surface area (Å²) in [6, 6.07) is 10.6. The predicted molar refractivity (Wildman–Crippen MR) is 81.5 cm³/mol. The van der Waals surface area contributed by atoms with Crippen LogP contribution in [0.3, 0.4) is 0 Å². The van der Waals surface area contributed by atoms with Gasteiger partial charge in [0.15, 0.2) is 0 Å². The van der Waals surface area contributed by atoms with Crippen molar-refractivity contribution in [2.45, 2.75) is 6.92 Å². The van der Waals surface area contributed by atoms with E-state index < -0.39 is 0 Å². The van der Waals surface area contributed by atoms with Crippen molar-refractivity contribution in [3.8, 4) is 0 Å². The number of anilines is 1. The zero-order chi connectivity index (χ0) is 14.8. The Morgan fingerprint density at radius 3 is 2.86 bits per heavy atom. The van der Waals surface area contributed by atoms with Crippen LogP contribution >= 0.6 is 11.6 Å². The zero-order valence-corrected chi connectivity index (χ0v) is 11.9. The second-order valence-electron chi connectivity index (χ2n) is 4.52. The van der Waals surface area contributed by atoms with Gasteiger partial charge < -0.3 is 0 Å². The molecule has 2 heterocycles. The van der Waals surface area contributed by atoms with Gasteiger partial charge in [0.25, 0.3) is 5.91 Å². The molecule has 0 atom stereocenters. The number of benzene rings is 1. The molecule has 0 radical (unpaired) electrons. The molecule has 0 unspecified atom stereocenters. The smallest absolute Gasteiger partial charge is 0.258 e. The molecule has 0 fully saturated rings. The summed E-state index contributed by atoms with van der Waals surface area (Å²) in [5.74, 6) is -0.0984. The molecule has 0 saturated carbocycles. The fourth-order valence-electron chi connectivity index (χ4n) is 1.98. The quantitative estimate of drug-likeness (QED) is 0.738. The van der Waals surface area contributed by atoms with Crippen LogP contribution in [0.1, 0.15) is 16.1 Å². The average molecular weight is 299 g/mol. The lowest BCUT2D eigenvalue weighted by molar-refractivity contribution is 0.102. The number of aromatic nitrogens is 3. The van der Waals surface area contributed by atoms with E-state index in [9.17, 15) is 4.79 Å². The van der Waals surface area contributed by atoms with E-state index in [1.54, 1.807) is 37.4 Å². The van der Waals surface area contributed by atoms with Crippen molar-refractivity contribution in [2.24, 2.45) is 0 Å². The zero-order valence-electron chi connectivity index (χ0n) is 11.2. The summed E-state index contributed by atoms with van der Waals surface area (Å²) in [6.45, 7) is 1.78. The minimum Gasteiger partial charge on any atom is -0.290 e. The highest BCUT2D eigenvalue weighted by Crippen LogP contribution is 2.15. The van der Waals surface area contributed by atoms with Gasteiger partial charge in [-0.25, -0.2) is 9.97 Å². The summed E-state index contributed by atoms with van der Waals surface area (Å²) < 4.78 is 0. The topological polar surface area (TPSA) is 67.8 Å². The van der Waals surface area contributed by atoms with Crippen molar-refractivity contribution >= 4 is 34.4 Å². The van der Waals surface area contributed by atoms with E-state index in [0.717, 1.165) is 10.9 Å². The maximum absolute atomic E-state index is 12.2. The van der Waals surface area contributed by atoms with Crippen LogP contribution in [0.2, 0.25) is 5.15 Å². The molecule has 0 bridgehead atoms. The van der Waals surface area contributed by atoms with Crippen LogP contribution in [-0.4, -0.2) is 20.9 Å². The molecule has 3 rings (SSSR count). The summed E-state index contributed by atoms with van der Waals surface area (Å²) >= 11 is 5.85. The van der Waals surface area contributed by atoms with E-state index in [4.69, 9.17) is 11.6 Å². The third-order valence-electron chi connectivity index (χ3n) is 2.91. The largest absolute Gasteiger partial charge is 0.290 e. The molecule has 0 saturated heterocycles. The molecule has 3 aromatic rings. The standard InChI is InChI=1S/C15H11ClN4O/c1-9-7-13(16)19-15(18-9)20-14(21)11-4-5-12-10(8-11)3-2-6-17-12/h2-8H,1H3,(H,18,19,20,21). The fourth-order valence-corrected chi connectivity index (χ4v) is 2.21. The number of carbonyl (C=O) groups is 1. The fraction of sp³-hybridized carbons (Fsp3) is 0.0667. The molecule has 2 aromatic heterocycles. The average Bonchev–Trinajstić information content (AvgIpc) is 2.45. The van der Waals surface area contributed by atoms with Gasteiger partial charge in [-0.3, -0.25) is 15.1 Å². The number of hydrogen-bond donors (Lipinski definition) is 1. The SMILES string of the molecule is Cc1cc(Cl)nc(NC(=O)c2ccc3ncccc3c2)n1. The van der Waals surface area contributed by atoms with E-state index in [1.165, 1.54) is 0 Å². The van der Waals surface area contributed by atoms with Crippen molar-refractivity contribution in [2.75, 3.05) is 5.32 Å². The molecule has 1 aromatic carbocycles. The third-order valence-corrected chi connectivity index (χ3v) is 3.11. The number of halogens is 1. The first-order valence-corrected chi connectivity index (χ1v) is 6.67. The lowest BCUT2D eigenvalue weighted by atomic mass is 10.1. The van der Waals surface area contributed by atoms with Gasteiger partial charge in [-0.1, -0.05) is 17.7 Å². The van der Waals surface area contributed by atoms with Crippen LogP contribution in [0.4, 0.5) is 5.95 Å². The van der Waals surface area contributed by atoms with Crippen LogP contribution in [-0.2, 0) is 0 Å². The monoisotopic (exact) mass is 298 g/mol. The number of amides is 1. The number of pyridine rings is 1. The van der Waals surface area contributed by atoms with Gasteiger partial charge >= 0.3 is 0 Å². The van der Waals surface area contributed by atoms with E-state index >= 15 is 0 Å². The second kappa shape index (κ2) is 5.46. The van der Waals surface area contributed by atoms with E-state index in [2.05, 4.69) is 20.3 Å². The highest BCUT2D eigenvalue weighted by molar-refractivity contribution is 6.29. The molecule has 1 amide bonds. The number of aryl methyl sites for hydroxylation is 1. The number of carbonyl (C=O) groups excluding carboxylic acids is 1. The van der Waals surface area contributed by atoms with Gasteiger partial charge in [0.2, 0.25) is 5.95 Å². The maximum Gasteiger partial charge on any atom is 0.258 e. The van der Waals surface area contributed by atoms with Crippen LogP contribution in [0.25, 0.3) is 10.9 Å². The molecule has 104 valence electrons. The maximum atomic E-state index is 12.2. The molecule has 0 aliphatic carbocycles. The molecule has 0 spiro atoms. The number of rotatable bonds is 2. The number of fused-ring (bicyclic) bond motifs is 1. The first-order chi connectivity index (χ1) is 10.1. The summed E-state index contributed by atoms with van der Waals surface area (Å²) in [5.41, 5.74) is 2.04. The van der Waals surface area contributed by atoms with Gasteiger partial charge in [0, 0.05) is 22.8 Å². The third kappa shape index (κ3) is 2.98. The second-order valence-corrected chi connectivity index (χ2v) is 4.91. The minimum absolute atomic E-state index is 0.191. The molecule has 5 nitrogen and oxygen atoms in total. The summed E-state index contributed by atoms with van der Waals surface area (Å²) in [6.07, 6.45) is 1.71. The Morgan fingerprint density at radius 1 is 1.19 bits per heavy atom. The van der Waals surface area contributed by atoms with Gasteiger partial charge in [0.05, 0.1) is 5.52 Å². The number of hydrogen-bond acceptors (Lipinski definition) is 4. The van der Waals surface area contributed by atoms with E-state index in [1.807, 2.05) is 12.1 Å². The first-order valence-electron chi connectivity index (χ1n) is 6.29. The lowest BCUT2D eigenvalue weighted by Gasteiger charge is -2.06. The van der Waals surface area contributed by atoms with Crippen LogP contribution < -0.4 is 5.32 Å². The van der Waals surface area contributed by atoms with Crippen molar-refractivity contribution in [1.29, 1.82) is 0 Å². The predicted octanol–water partition coefficient (Wildman–Crippen LogP) is 3.24. The van der Waals surface area contributed by atoms with Gasteiger partial charge in [0.1, 0.15) is 5.15 Å². The van der Waals surface area contributed by atoms with E-state index in [-0.39, 0.29) is 11.9 Å². The summed E-state index contributed by atoms with van der Waals surface area (Å²) in [7, 11) is 0. The van der Waals surface area contributed by atoms with Crippen LogP contribution in [0, 0.1) is 6.92 Å². The summed E-state index contributed by atoms with van der Waals surface area (Å²) in [5, 5.41) is 3.83. The molecular weight excluding hydrogens is 288 g/mol. The highest BCUT2D eigenvalue weighted by atomic mass is 35.5. The summed E-state index contributed by atoms with van der Waals surface area (Å²) in [4.78, 5) is 24.5. The Labute approximate surface area is 126 Å². The first kappa shape index (κ1) is 13.5. The lowest BCUT2D eigenvalue weighted by Crippen LogP contribution is -2.14. The van der Waals surface area contributed by atoms with Crippen LogP contribution in [0.15, 0.2) is 42.6 Å². The van der Waals surface area contributed by atoms with Crippen molar-refractivity contribution in [1.82, 2.24) is 15.0 Å². The highest BCUT2D eigenvalue weighted by Gasteiger charge is 2.09. The number of nitrogens with one attached hydrogen (secondary N) is 1. The van der Waals surface area contributed by atoms with Gasteiger partial charge in [-0.2, -0.15) is 0 Å². The molecule has 0 aliphatic rings. The molecule has 21 heavy (non-hydrogen) atoms. The number of nitrogens with zero attached hydrogens (tertiary/aromatic N) is 3. The van der Waals surface area contributed by atoms with Gasteiger partial charge in [-0.15, -0.1) is 0 Å².